The van der Waals surface area contributed by atoms with E-state index in [9.17, 15) is 0 Å². The van der Waals surface area contributed by atoms with Crippen molar-refractivity contribution in [2.24, 2.45) is 11.7 Å². The second-order valence-corrected chi connectivity index (χ2v) is 7.72. The number of aryl methyl sites for hydroxylation is 2. The third-order valence-electron chi connectivity index (χ3n) is 5.70. The van der Waals surface area contributed by atoms with Gasteiger partial charge in [0.25, 0.3) is 0 Å². The van der Waals surface area contributed by atoms with Crippen LogP contribution in [0.5, 0.6) is 0 Å². The van der Waals surface area contributed by atoms with Crippen LogP contribution in [-0.4, -0.2) is 18.6 Å². The third kappa shape index (κ3) is 3.88. The average molecular weight is 335 g/mol. The molecule has 3 rings (SSSR count). The van der Waals surface area contributed by atoms with E-state index in [0.717, 1.165) is 37.9 Å². The lowest BCUT2D eigenvalue weighted by Crippen LogP contribution is -2.27. The van der Waals surface area contributed by atoms with Gasteiger partial charge in [-0.1, -0.05) is 49.4 Å². The minimum atomic E-state index is 0.185. The van der Waals surface area contributed by atoms with Crippen molar-refractivity contribution in [1.29, 1.82) is 0 Å². The Balaban J connectivity index is 1.88. The van der Waals surface area contributed by atoms with Gasteiger partial charge >= 0.3 is 0 Å². The molecule has 25 heavy (non-hydrogen) atoms. The molecule has 1 aromatic carbocycles. The fourth-order valence-electron chi connectivity index (χ4n) is 3.63. The van der Waals surface area contributed by atoms with Crippen molar-refractivity contribution in [2.75, 3.05) is 13.1 Å². The molecule has 1 saturated heterocycles. The van der Waals surface area contributed by atoms with Gasteiger partial charge in [-0.15, -0.1) is 5.73 Å². The monoisotopic (exact) mass is 334 g/mol. The van der Waals surface area contributed by atoms with Crippen LogP contribution in [0, 0.1) is 12.8 Å². The molecule has 0 aromatic heterocycles. The number of hydrogen-bond acceptors (Lipinski definition) is 2. The fourth-order valence-corrected chi connectivity index (χ4v) is 3.63. The van der Waals surface area contributed by atoms with Crippen molar-refractivity contribution in [3.8, 4) is 0 Å². The van der Waals surface area contributed by atoms with E-state index in [-0.39, 0.29) is 5.54 Å². The van der Waals surface area contributed by atoms with Gasteiger partial charge in [0.15, 0.2) is 0 Å². The standard InChI is InChI=1S/C23H30N2/c1-5-20(21-12-16(2)6-7-17(21)3)22-13-19(9-8-18(22)4)10-11-23(14-24)15-25-23/h6,8-9,12-13,17,25H,1,7,10-11,14-15,24H2,2-4H3. The second-order valence-electron chi connectivity index (χ2n) is 7.72. The minimum absolute atomic E-state index is 0.185. The van der Waals surface area contributed by atoms with Gasteiger partial charge in [-0.3, -0.25) is 0 Å². The van der Waals surface area contributed by atoms with E-state index in [1.54, 1.807) is 0 Å². The normalized spacial score (nSPS) is 25.0. The molecule has 1 fully saturated rings. The molecule has 0 bridgehead atoms. The number of nitrogens with one attached hydrogen (secondary N) is 1. The van der Waals surface area contributed by atoms with Gasteiger partial charge in [0.1, 0.15) is 0 Å². The number of benzene rings is 1. The molecule has 1 aliphatic heterocycles. The summed E-state index contributed by atoms with van der Waals surface area (Å²) in [5.74, 6) is 0.507. The summed E-state index contributed by atoms with van der Waals surface area (Å²) in [7, 11) is 0. The van der Waals surface area contributed by atoms with Crippen LogP contribution in [0.15, 0.2) is 53.8 Å². The molecule has 0 radical (unpaired) electrons. The van der Waals surface area contributed by atoms with Gasteiger partial charge in [0.2, 0.25) is 0 Å². The molecule has 0 spiro atoms. The van der Waals surface area contributed by atoms with Crippen molar-refractivity contribution in [3.05, 3.63) is 70.5 Å². The molecular formula is C23H30N2. The van der Waals surface area contributed by atoms with Crippen LogP contribution in [0.3, 0.4) is 0 Å². The molecule has 3 N–H and O–H groups in total. The molecule has 2 nitrogen and oxygen atoms in total. The minimum Gasteiger partial charge on any atom is -0.329 e. The number of nitrogens with two attached hydrogens (primary N) is 1. The lowest BCUT2D eigenvalue weighted by atomic mass is 9.81. The van der Waals surface area contributed by atoms with Crippen LogP contribution in [-0.2, 0) is 6.42 Å². The zero-order chi connectivity index (χ0) is 18.0. The predicted molar refractivity (Wildman–Crippen MR) is 107 cm³/mol. The van der Waals surface area contributed by atoms with E-state index in [2.05, 4.69) is 68.7 Å². The zero-order valence-corrected chi connectivity index (χ0v) is 15.8. The summed E-state index contributed by atoms with van der Waals surface area (Å²) in [6, 6.07) is 6.81. The van der Waals surface area contributed by atoms with Crippen molar-refractivity contribution in [3.63, 3.8) is 0 Å². The molecular weight excluding hydrogens is 304 g/mol. The number of rotatable bonds is 6. The maximum atomic E-state index is 5.88. The van der Waals surface area contributed by atoms with Crippen molar-refractivity contribution in [2.45, 2.75) is 45.6 Å². The summed E-state index contributed by atoms with van der Waals surface area (Å²) < 4.78 is 0. The van der Waals surface area contributed by atoms with E-state index in [1.165, 1.54) is 27.8 Å². The Morgan fingerprint density at radius 2 is 2.16 bits per heavy atom. The van der Waals surface area contributed by atoms with Crippen molar-refractivity contribution < 1.29 is 0 Å². The third-order valence-corrected chi connectivity index (χ3v) is 5.70. The van der Waals surface area contributed by atoms with Gasteiger partial charge in [-0.2, -0.15) is 0 Å². The molecule has 2 atom stereocenters. The van der Waals surface area contributed by atoms with E-state index in [1.807, 2.05) is 0 Å². The van der Waals surface area contributed by atoms with Crippen LogP contribution in [0.4, 0.5) is 0 Å². The molecule has 1 heterocycles. The van der Waals surface area contributed by atoms with Gasteiger partial charge in [-0.25, -0.2) is 0 Å². The first-order valence-corrected chi connectivity index (χ1v) is 9.32. The highest BCUT2D eigenvalue weighted by Crippen LogP contribution is 2.36. The van der Waals surface area contributed by atoms with Crippen LogP contribution < -0.4 is 11.1 Å². The Hall–Kier alpha value is -1.86. The average Bonchev–Trinajstić information content (AvgIpc) is 3.39. The highest BCUT2D eigenvalue weighted by Gasteiger charge is 2.39. The fraction of sp³-hybridized carbons (Fsp3) is 0.435. The summed E-state index contributed by atoms with van der Waals surface area (Å²) in [6.07, 6.45) is 7.85. The summed E-state index contributed by atoms with van der Waals surface area (Å²) in [5.41, 5.74) is 17.1. The van der Waals surface area contributed by atoms with Crippen LogP contribution in [0.2, 0.25) is 0 Å². The first-order chi connectivity index (χ1) is 12.0. The van der Waals surface area contributed by atoms with Gasteiger partial charge in [-0.05, 0) is 61.3 Å². The van der Waals surface area contributed by atoms with E-state index in [4.69, 9.17) is 5.73 Å². The van der Waals surface area contributed by atoms with E-state index >= 15 is 0 Å². The Kier molecular flexibility index (Phi) is 5.15. The first-order valence-electron chi connectivity index (χ1n) is 9.32. The smallest absolute Gasteiger partial charge is 0.0434 e. The second kappa shape index (κ2) is 7.17. The van der Waals surface area contributed by atoms with Gasteiger partial charge < -0.3 is 11.1 Å². The van der Waals surface area contributed by atoms with Crippen molar-refractivity contribution in [1.82, 2.24) is 5.32 Å². The predicted octanol–water partition coefficient (Wildman–Crippen LogP) is 4.31. The van der Waals surface area contributed by atoms with Gasteiger partial charge in [0.05, 0.1) is 0 Å². The lowest BCUT2D eigenvalue weighted by Gasteiger charge is -2.22. The summed E-state index contributed by atoms with van der Waals surface area (Å²) in [4.78, 5) is 0. The first kappa shape index (κ1) is 17.9. The molecule has 2 unspecified atom stereocenters. The number of hydrogen-bond donors (Lipinski definition) is 2. The van der Waals surface area contributed by atoms with Crippen LogP contribution in [0.1, 0.15) is 43.4 Å². The molecule has 1 aromatic rings. The molecule has 132 valence electrons. The summed E-state index contributed by atoms with van der Waals surface area (Å²) in [6.45, 7) is 12.4. The molecule has 1 aliphatic carbocycles. The molecule has 2 heteroatoms. The maximum absolute atomic E-state index is 5.88. The zero-order valence-electron chi connectivity index (χ0n) is 15.8. The maximum Gasteiger partial charge on any atom is 0.0434 e. The summed E-state index contributed by atoms with van der Waals surface area (Å²) >= 11 is 0. The van der Waals surface area contributed by atoms with E-state index < -0.39 is 0 Å². The highest BCUT2D eigenvalue weighted by molar-refractivity contribution is 5.81. The highest BCUT2D eigenvalue weighted by atomic mass is 15.2. The van der Waals surface area contributed by atoms with Gasteiger partial charge in [0, 0.05) is 24.2 Å². The molecule has 2 aliphatic rings. The van der Waals surface area contributed by atoms with Crippen LogP contribution in [0.25, 0.3) is 5.57 Å². The lowest BCUT2D eigenvalue weighted by molar-refractivity contribution is 0.581. The summed E-state index contributed by atoms with van der Waals surface area (Å²) in [5, 5.41) is 3.42. The Morgan fingerprint density at radius 3 is 2.80 bits per heavy atom. The Labute approximate surface area is 152 Å². The Bertz CT molecular complexity index is 771. The molecule has 0 amide bonds. The molecule has 0 saturated carbocycles. The largest absolute Gasteiger partial charge is 0.329 e. The Morgan fingerprint density at radius 1 is 1.40 bits per heavy atom. The SMILES string of the molecule is C=C=C(C1=CC(C)=CCC1C)c1cc(CCC2(CN)CN2)ccc1C. The van der Waals surface area contributed by atoms with E-state index in [0.29, 0.717) is 5.92 Å². The number of allylic oxidation sites excluding steroid dienone is 5. The topological polar surface area (TPSA) is 48.0 Å². The van der Waals surface area contributed by atoms with Crippen LogP contribution >= 0.6 is 0 Å². The van der Waals surface area contributed by atoms with Crippen molar-refractivity contribution >= 4 is 5.57 Å². The quantitative estimate of drug-likeness (QED) is 0.601.